The minimum atomic E-state index is -0.393. The summed E-state index contributed by atoms with van der Waals surface area (Å²) in [6.07, 6.45) is 0. The summed E-state index contributed by atoms with van der Waals surface area (Å²) in [7, 11) is 1.34. The number of nitrogens with zero attached hydrogens (tertiary/aromatic N) is 1. The number of methoxy groups -OCH3 is 1. The molecule has 0 unspecified atom stereocenters. The van der Waals surface area contributed by atoms with E-state index >= 15 is 0 Å². The third kappa shape index (κ3) is 3.26. The Hall–Kier alpha value is -3.65. The van der Waals surface area contributed by atoms with E-state index in [0.717, 1.165) is 16.7 Å². The molecule has 0 aliphatic carbocycles. The van der Waals surface area contributed by atoms with Crippen LogP contribution in [-0.4, -0.2) is 18.1 Å². The van der Waals surface area contributed by atoms with Gasteiger partial charge in [0, 0.05) is 11.3 Å². The fourth-order valence-electron chi connectivity index (χ4n) is 2.81. The van der Waals surface area contributed by atoms with E-state index in [1.165, 1.54) is 7.11 Å². The summed E-state index contributed by atoms with van der Waals surface area (Å²) in [6, 6.07) is 18.4. The van der Waals surface area contributed by atoms with Crippen molar-refractivity contribution < 1.29 is 9.53 Å². The summed E-state index contributed by atoms with van der Waals surface area (Å²) in [5, 5.41) is 9.33. The average Bonchev–Trinajstić information content (AvgIpc) is 2.67. The SMILES string of the molecule is COC(=O)c1ccc(-c2cccc(-c3cc(C)[nH]c(=O)c3C#N)c2)cc1. The molecule has 5 heteroatoms. The molecule has 0 bridgehead atoms. The molecular weight excluding hydrogens is 328 g/mol. The second-order valence-corrected chi connectivity index (χ2v) is 5.83. The third-order valence-corrected chi connectivity index (χ3v) is 4.09. The number of hydrogen-bond donors (Lipinski definition) is 1. The molecule has 0 aliphatic rings. The van der Waals surface area contributed by atoms with Crippen LogP contribution in [0.5, 0.6) is 0 Å². The zero-order valence-electron chi connectivity index (χ0n) is 14.4. The summed E-state index contributed by atoms with van der Waals surface area (Å²) in [6.45, 7) is 1.78. The Morgan fingerprint density at radius 2 is 1.73 bits per heavy atom. The first-order chi connectivity index (χ1) is 12.5. The number of esters is 1. The lowest BCUT2D eigenvalue weighted by Crippen LogP contribution is -2.12. The molecule has 2 aromatic carbocycles. The number of benzene rings is 2. The van der Waals surface area contributed by atoms with Gasteiger partial charge in [0.1, 0.15) is 11.6 Å². The van der Waals surface area contributed by atoms with Crippen LogP contribution in [0.2, 0.25) is 0 Å². The zero-order valence-corrected chi connectivity index (χ0v) is 14.4. The lowest BCUT2D eigenvalue weighted by atomic mass is 9.96. The van der Waals surface area contributed by atoms with Crippen LogP contribution in [0.25, 0.3) is 22.3 Å². The van der Waals surface area contributed by atoms with Gasteiger partial charge in [-0.3, -0.25) is 4.79 Å². The van der Waals surface area contributed by atoms with Gasteiger partial charge >= 0.3 is 5.97 Å². The highest BCUT2D eigenvalue weighted by atomic mass is 16.5. The van der Waals surface area contributed by atoms with Crippen molar-refractivity contribution in [1.82, 2.24) is 4.98 Å². The molecule has 0 atom stereocenters. The van der Waals surface area contributed by atoms with E-state index in [1.807, 2.05) is 42.5 Å². The number of rotatable bonds is 3. The van der Waals surface area contributed by atoms with Gasteiger partial charge < -0.3 is 9.72 Å². The molecule has 3 aromatic rings. The molecule has 1 aromatic heterocycles. The van der Waals surface area contributed by atoms with Crippen LogP contribution < -0.4 is 5.56 Å². The van der Waals surface area contributed by atoms with Crippen LogP contribution in [0.4, 0.5) is 0 Å². The molecule has 0 saturated carbocycles. The van der Waals surface area contributed by atoms with Gasteiger partial charge in [-0.1, -0.05) is 30.3 Å². The predicted molar refractivity (Wildman–Crippen MR) is 98.7 cm³/mol. The molecule has 128 valence electrons. The number of aromatic nitrogens is 1. The first-order valence-corrected chi connectivity index (χ1v) is 7.96. The van der Waals surface area contributed by atoms with Crippen molar-refractivity contribution in [2.45, 2.75) is 6.92 Å². The van der Waals surface area contributed by atoms with E-state index in [0.29, 0.717) is 16.8 Å². The van der Waals surface area contributed by atoms with E-state index in [-0.39, 0.29) is 11.5 Å². The highest BCUT2D eigenvalue weighted by Gasteiger charge is 2.11. The standard InChI is InChI=1S/C21H16N2O3/c1-13-10-18(19(12-22)20(24)23-13)17-5-3-4-16(11-17)14-6-8-15(9-7-14)21(25)26-2/h3-11H,1-2H3,(H,23,24). The first-order valence-electron chi connectivity index (χ1n) is 7.96. The number of H-pyrrole nitrogens is 1. The summed E-state index contributed by atoms with van der Waals surface area (Å²) in [4.78, 5) is 26.2. The number of carbonyl (C=O) groups is 1. The Balaban J connectivity index is 2.06. The van der Waals surface area contributed by atoms with Gasteiger partial charge in [0.25, 0.3) is 5.56 Å². The Kier molecular flexibility index (Phi) is 4.68. The van der Waals surface area contributed by atoms with Gasteiger partial charge in [-0.15, -0.1) is 0 Å². The number of carbonyl (C=O) groups excluding carboxylic acids is 1. The molecular formula is C21H16N2O3. The summed E-state index contributed by atoms with van der Waals surface area (Å²) in [5.41, 5.74) is 4.08. The highest BCUT2D eigenvalue weighted by Crippen LogP contribution is 2.28. The van der Waals surface area contributed by atoms with Gasteiger partial charge in [0.05, 0.1) is 12.7 Å². The van der Waals surface area contributed by atoms with Crippen LogP contribution in [0.3, 0.4) is 0 Å². The average molecular weight is 344 g/mol. The number of aromatic amines is 1. The maximum atomic E-state index is 12.0. The van der Waals surface area contributed by atoms with Gasteiger partial charge in [0.2, 0.25) is 0 Å². The van der Waals surface area contributed by atoms with E-state index in [2.05, 4.69) is 4.98 Å². The number of pyridine rings is 1. The van der Waals surface area contributed by atoms with Gasteiger partial charge in [-0.25, -0.2) is 4.79 Å². The van der Waals surface area contributed by atoms with Crippen molar-refractivity contribution >= 4 is 5.97 Å². The lowest BCUT2D eigenvalue weighted by molar-refractivity contribution is 0.0601. The number of nitriles is 1. The lowest BCUT2D eigenvalue weighted by Gasteiger charge is -2.09. The van der Waals surface area contributed by atoms with Crippen LogP contribution in [0.15, 0.2) is 59.4 Å². The minimum absolute atomic E-state index is 0.0915. The maximum absolute atomic E-state index is 12.0. The molecule has 1 N–H and O–H groups in total. The van der Waals surface area contributed by atoms with Crippen molar-refractivity contribution in [3.05, 3.63) is 81.8 Å². The second kappa shape index (κ2) is 7.08. The quantitative estimate of drug-likeness (QED) is 0.735. The fraction of sp³-hybridized carbons (Fsp3) is 0.0952. The Morgan fingerprint density at radius 3 is 2.38 bits per heavy atom. The second-order valence-electron chi connectivity index (χ2n) is 5.83. The minimum Gasteiger partial charge on any atom is -0.465 e. The molecule has 3 rings (SSSR count). The molecule has 0 spiro atoms. The smallest absolute Gasteiger partial charge is 0.337 e. The topological polar surface area (TPSA) is 83.0 Å². The number of hydrogen-bond acceptors (Lipinski definition) is 4. The van der Waals surface area contributed by atoms with Crippen LogP contribution in [0, 0.1) is 18.3 Å². The Bertz CT molecular complexity index is 1070. The Morgan fingerprint density at radius 1 is 1.04 bits per heavy atom. The van der Waals surface area contributed by atoms with Gasteiger partial charge in [0.15, 0.2) is 0 Å². The maximum Gasteiger partial charge on any atom is 0.337 e. The Labute approximate surface area is 150 Å². The molecule has 0 fully saturated rings. The zero-order chi connectivity index (χ0) is 18.7. The normalized spacial score (nSPS) is 10.2. The van der Waals surface area contributed by atoms with Crippen molar-refractivity contribution in [2.75, 3.05) is 7.11 Å². The summed E-state index contributed by atoms with van der Waals surface area (Å²) < 4.78 is 4.70. The van der Waals surface area contributed by atoms with Crippen molar-refractivity contribution in [3.8, 4) is 28.3 Å². The van der Waals surface area contributed by atoms with E-state index in [9.17, 15) is 14.9 Å². The molecule has 5 nitrogen and oxygen atoms in total. The molecule has 26 heavy (non-hydrogen) atoms. The van der Waals surface area contributed by atoms with Gasteiger partial charge in [-0.2, -0.15) is 5.26 Å². The monoisotopic (exact) mass is 344 g/mol. The molecule has 0 saturated heterocycles. The van der Waals surface area contributed by atoms with Gasteiger partial charge in [-0.05, 0) is 47.9 Å². The molecule has 0 aliphatic heterocycles. The first kappa shape index (κ1) is 17.2. The number of aryl methyl sites for hydroxylation is 1. The van der Waals surface area contributed by atoms with Crippen LogP contribution in [-0.2, 0) is 4.74 Å². The van der Waals surface area contributed by atoms with Crippen LogP contribution in [0.1, 0.15) is 21.6 Å². The predicted octanol–water partition coefficient (Wildman–Crippen LogP) is 3.68. The van der Waals surface area contributed by atoms with E-state index in [1.54, 1.807) is 25.1 Å². The molecule has 1 heterocycles. The summed E-state index contributed by atoms with van der Waals surface area (Å²) in [5.74, 6) is -0.386. The van der Waals surface area contributed by atoms with E-state index < -0.39 is 5.56 Å². The van der Waals surface area contributed by atoms with Crippen LogP contribution >= 0.6 is 0 Å². The van der Waals surface area contributed by atoms with E-state index in [4.69, 9.17) is 4.74 Å². The number of nitrogens with one attached hydrogen (secondary N) is 1. The molecule has 0 amide bonds. The number of ether oxygens (including phenoxy) is 1. The highest BCUT2D eigenvalue weighted by molar-refractivity contribution is 5.90. The van der Waals surface area contributed by atoms with Crippen molar-refractivity contribution in [3.63, 3.8) is 0 Å². The summed E-state index contributed by atoms with van der Waals surface area (Å²) >= 11 is 0. The largest absolute Gasteiger partial charge is 0.465 e. The molecule has 0 radical (unpaired) electrons. The fourth-order valence-corrected chi connectivity index (χ4v) is 2.81. The third-order valence-electron chi connectivity index (χ3n) is 4.09. The van der Waals surface area contributed by atoms with Crippen molar-refractivity contribution in [1.29, 1.82) is 5.26 Å². The van der Waals surface area contributed by atoms with Crippen molar-refractivity contribution in [2.24, 2.45) is 0 Å².